The molecule has 0 saturated carbocycles. The van der Waals surface area contributed by atoms with Crippen LogP contribution in [0.2, 0.25) is 10.0 Å². The highest BCUT2D eigenvalue weighted by Gasteiger charge is 2.28. The Bertz CT molecular complexity index is 1250. The van der Waals surface area contributed by atoms with Crippen molar-refractivity contribution < 1.29 is 22.7 Å². The number of sulfonamides is 1. The molecule has 4 rings (SSSR count). The van der Waals surface area contributed by atoms with Crippen LogP contribution in [-0.4, -0.2) is 54.4 Å². The molecule has 0 amide bonds. The van der Waals surface area contributed by atoms with Crippen molar-refractivity contribution in [3.8, 4) is 0 Å². The minimum absolute atomic E-state index is 0.0815. The van der Waals surface area contributed by atoms with Crippen LogP contribution in [0.3, 0.4) is 0 Å². The molecule has 1 aliphatic heterocycles. The number of rotatable bonds is 5. The van der Waals surface area contributed by atoms with Crippen LogP contribution in [0.4, 0.5) is 0 Å². The summed E-state index contributed by atoms with van der Waals surface area (Å²) in [4.78, 5) is 17.0. The van der Waals surface area contributed by atoms with Gasteiger partial charge in [-0.15, -0.1) is 0 Å². The molecule has 0 N–H and O–H groups in total. The molecular weight excluding hydrogens is 465 g/mol. The number of ether oxygens (including phenoxy) is 2. The van der Waals surface area contributed by atoms with E-state index in [9.17, 15) is 13.2 Å². The van der Waals surface area contributed by atoms with Gasteiger partial charge >= 0.3 is 5.97 Å². The summed E-state index contributed by atoms with van der Waals surface area (Å²) < 4.78 is 39.6. The van der Waals surface area contributed by atoms with Gasteiger partial charge < -0.3 is 13.9 Å². The van der Waals surface area contributed by atoms with Gasteiger partial charge in [-0.1, -0.05) is 29.3 Å². The van der Waals surface area contributed by atoms with E-state index < -0.39 is 16.0 Å². The first-order valence-corrected chi connectivity index (χ1v) is 11.6. The van der Waals surface area contributed by atoms with E-state index in [-0.39, 0.29) is 30.2 Å². The van der Waals surface area contributed by atoms with Crippen molar-refractivity contribution in [2.24, 2.45) is 0 Å². The zero-order chi connectivity index (χ0) is 22.2. The number of aryl methyl sites for hydroxylation is 1. The van der Waals surface area contributed by atoms with Crippen LogP contribution in [0.25, 0.3) is 5.65 Å². The SMILES string of the molecule is Cc1ccc(C(=O)OCc2cn3cc(Cl)cc(Cl)c3n2)cc1S(=O)(=O)N1CCOCC1. The van der Waals surface area contributed by atoms with E-state index >= 15 is 0 Å². The molecule has 0 atom stereocenters. The summed E-state index contributed by atoms with van der Waals surface area (Å²) in [5.74, 6) is -0.653. The van der Waals surface area contributed by atoms with Crippen LogP contribution in [0.5, 0.6) is 0 Å². The number of pyridine rings is 1. The van der Waals surface area contributed by atoms with Gasteiger partial charge in [-0.2, -0.15) is 4.31 Å². The molecule has 0 aliphatic carbocycles. The average molecular weight is 484 g/mol. The first-order valence-electron chi connectivity index (χ1n) is 9.44. The second kappa shape index (κ2) is 8.76. The predicted octanol–water partition coefficient (Wildman–Crippen LogP) is 3.33. The summed E-state index contributed by atoms with van der Waals surface area (Å²) in [7, 11) is -3.74. The molecule has 31 heavy (non-hydrogen) atoms. The third-order valence-electron chi connectivity index (χ3n) is 4.89. The smallest absolute Gasteiger partial charge is 0.338 e. The molecule has 0 unspecified atom stereocenters. The Hall–Kier alpha value is -2.17. The van der Waals surface area contributed by atoms with E-state index in [2.05, 4.69) is 4.98 Å². The maximum Gasteiger partial charge on any atom is 0.338 e. The predicted molar refractivity (Wildman–Crippen MR) is 115 cm³/mol. The van der Waals surface area contributed by atoms with Crippen LogP contribution in [0, 0.1) is 6.92 Å². The summed E-state index contributed by atoms with van der Waals surface area (Å²) in [6, 6.07) is 6.06. The number of halogens is 2. The van der Waals surface area contributed by atoms with E-state index in [0.29, 0.717) is 40.2 Å². The fourth-order valence-corrected chi connectivity index (χ4v) is 5.48. The van der Waals surface area contributed by atoms with Crippen LogP contribution < -0.4 is 0 Å². The lowest BCUT2D eigenvalue weighted by molar-refractivity contribution is 0.0468. The number of carbonyl (C=O) groups is 1. The Morgan fingerprint density at radius 3 is 2.68 bits per heavy atom. The van der Waals surface area contributed by atoms with Crippen molar-refractivity contribution in [2.75, 3.05) is 26.3 Å². The number of imidazole rings is 1. The van der Waals surface area contributed by atoms with Gasteiger partial charge in [0.15, 0.2) is 5.65 Å². The minimum Gasteiger partial charge on any atom is -0.456 e. The Kier molecular flexibility index (Phi) is 6.23. The molecular formula is C20H19Cl2N3O5S. The molecule has 8 nitrogen and oxygen atoms in total. The highest BCUT2D eigenvalue weighted by atomic mass is 35.5. The molecule has 1 aliphatic rings. The van der Waals surface area contributed by atoms with Gasteiger partial charge in [0.1, 0.15) is 6.61 Å². The fraction of sp³-hybridized carbons (Fsp3) is 0.300. The lowest BCUT2D eigenvalue weighted by Gasteiger charge is -2.26. The Balaban J connectivity index is 1.53. The maximum absolute atomic E-state index is 13.0. The second-order valence-corrected chi connectivity index (χ2v) is 9.79. The zero-order valence-electron chi connectivity index (χ0n) is 16.5. The number of nitrogens with zero attached hydrogens (tertiary/aromatic N) is 3. The number of hydrogen-bond donors (Lipinski definition) is 0. The molecule has 1 saturated heterocycles. The van der Waals surface area contributed by atoms with Crippen molar-refractivity contribution in [1.82, 2.24) is 13.7 Å². The highest BCUT2D eigenvalue weighted by Crippen LogP contribution is 2.24. The Morgan fingerprint density at radius 1 is 1.19 bits per heavy atom. The molecule has 3 aromatic rings. The van der Waals surface area contributed by atoms with E-state index in [1.165, 1.54) is 16.4 Å². The van der Waals surface area contributed by atoms with Gasteiger partial charge in [0, 0.05) is 25.5 Å². The number of morpholine rings is 1. The summed E-state index contributed by atoms with van der Waals surface area (Å²) in [5, 5.41) is 0.827. The van der Waals surface area contributed by atoms with Crippen LogP contribution in [0.1, 0.15) is 21.6 Å². The van der Waals surface area contributed by atoms with Crippen molar-refractivity contribution in [3.63, 3.8) is 0 Å². The largest absolute Gasteiger partial charge is 0.456 e. The zero-order valence-corrected chi connectivity index (χ0v) is 18.9. The monoisotopic (exact) mass is 483 g/mol. The molecule has 11 heteroatoms. The number of fused-ring (bicyclic) bond motifs is 1. The van der Waals surface area contributed by atoms with E-state index in [4.69, 9.17) is 32.7 Å². The summed E-state index contributed by atoms with van der Waals surface area (Å²) in [5.41, 5.74) is 1.66. The molecule has 0 bridgehead atoms. The van der Waals surface area contributed by atoms with E-state index in [1.807, 2.05) is 0 Å². The first-order chi connectivity index (χ1) is 14.8. The number of hydrogen-bond acceptors (Lipinski definition) is 6. The fourth-order valence-electron chi connectivity index (χ4n) is 3.30. The third kappa shape index (κ3) is 4.56. The topological polar surface area (TPSA) is 90.2 Å². The normalized spacial score (nSPS) is 15.3. The molecule has 0 radical (unpaired) electrons. The van der Waals surface area contributed by atoms with E-state index in [0.717, 1.165) is 0 Å². The van der Waals surface area contributed by atoms with Crippen molar-refractivity contribution in [3.05, 3.63) is 63.5 Å². The minimum atomic E-state index is -3.74. The first kappa shape index (κ1) is 22.0. The van der Waals surface area contributed by atoms with Gasteiger partial charge in [0.05, 0.1) is 39.4 Å². The lowest BCUT2D eigenvalue weighted by atomic mass is 10.1. The highest BCUT2D eigenvalue weighted by molar-refractivity contribution is 7.89. The molecule has 1 fully saturated rings. The molecule has 2 aromatic heterocycles. The number of esters is 1. The summed E-state index contributed by atoms with van der Waals surface area (Å²) in [6.45, 7) is 2.82. The molecule has 164 valence electrons. The summed E-state index contributed by atoms with van der Waals surface area (Å²) in [6.07, 6.45) is 3.30. The number of carbonyl (C=O) groups excluding carboxylic acids is 1. The average Bonchev–Trinajstić information content (AvgIpc) is 3.16. The Labute approximate surface area is 189 Å². The second-order valence-electron chi connectivity index (χ2n) is 7.04. The van der Waals surface area contributed by atoms with Gasteiger partial charge in [-0.25, -0.2) is 18.2 Å². The Morgan fingerprint density at radius 2 is 1.94 bits per heavy atom. The number of aromatic nitrogens is 2. The molecule has 3 heterocycles. The van der Waals surface area contributed by atoms with Crippen LogP contribution in [0.15, 0.2) is 41.6 Å². The van der Waals surface area contributed by atoms with Gasteiger partial charge in [-0.3, -0.25) is 0 Å². The van der Waals surface area contributed by atoms with Crippen LogP contribution >= 0.6 is 23.2 Å². The number of benzene rings is 1. The molecule has 0 spiro atoms. The lowest BCUT2D eigenvalue weighted by Crippen LogP contribution is -2.40. The van der Waals surface area contributed by atoms with Crippen molar-refractivity contribution >= 4 is 44.8 Å². The van der Waals surface area contributed by atoms with Gasteiger partial charge in [0.25, 0.3) is 0 Å². The van der Waals surface area contributed by atoms with Gasteiger partial charge in [-0.05, 0) is 30.7 Å². The van der Waals surface area contributed by atoms with E-state index in [1.54, 1.807) is 35.9 Å². The third-order valence-corrected chi connectivity index (χ3v) is 7.41. The van der Waals surface area contributed by atoms with Crippen LogP contribution in [-0.2, 0) is 26.1 Å². The van der Waals surface area contributed by atoms with Gasteiger partial charge in [0.2, 0.25) is 10.0 Å². The standard InChI is InChI=1S/C20H19Cl2N3O5S/c1-13-2-3-14(8-18(13)31(27,28)25-4-6-29-7-5-25)20(26)30-12-16-11-24-10-15(21)9-17(22)19(24)23-16/h2-3,8-11H,4-7,12H2,1H3. The summed E-state index contributed by atoms with van der Waals surface area (Å²) >= 11 is 12.1. The maximum atomic E-state index is 13.0. The molecule has 1 aromatic carbocycles. The van der Waals surface area contributed by atoms with Crippen molar-refractivity contribution in [2.45, 2.75) is 18.4 Å². The quantitative estimate of drug-likeness (QED) is 0.517. The van der Waals surface area contributed by atoms with Crippen molar-refractivity contribution in [1.29, 1.82) is 0 Å².